The lowest BCUT2D eigenvalue weighted by molar-refractivity contribution is -0.384. The summed E-state index contributed by atoms with van der Waals surface area (Å²) < 4.78 is 14.7. The fourth-order valence-electron chi connectivity index (χ4n) is 2.69. The molecule has 2 aromatic carbocycles. The summed E-state index contributed by atoms with van der Waals surface area (Å²) in [5.74, 6) is -0.982. The Labute approximate surface area is 171 Å². The van der Waals surface area contributed by atoms with E-state index in [9.17, 15) is 24.1 Å². The summed E-state index contributed by atoms with van der Waals surface area (Å²) in [5.41, 5.74) is 0.662. The standard InChI is InChI=1S/C19H12FN5O4S/c20-12-3-1-11(2-4-12)10-24-17(26)8-7-15(23-24)18(27)22-19-21-14-6-5-13(25(28)29)9-16(14)30-19/h1-9H,10H2,(H,21,22,27). The molecule has 0 radical (unpaired) electrons. The van der Waals surface area contributed by atoms with Crippen LogP contribution in [0.2, 0.25) is 0 Å². The highest BCUT2D eigenvalue weighted by Gasteiger charge is 2.15. The number of amides is 1. The molecule has 0 bridgehead atoms. The molecule has 30 heavy (non-hydrogen) atoms. The Kier molecular flexibility index (Phi) is 5.02. The number of nitro groups is 1. The van der Waals surface area contributed by atoms with E-state index in [0.717, 1.165) is 16.0 Å². The van der Waals surface area contributed by atoms with Gasteiger partial charge >= 0.3 is 0 Å². The van der Waals surface area contributed by atoms with E-state index in [-0.39, 0.29) is 23.1 Å². The van der Waals surface area contributed by atoms with Crippen LogP contribution in [0.15, 0.2) is 59.4 Å². The monoisotopic (exact) mass is 425 g/mol. The number of carbonyl (C=O) groups is 1. The van der Waals surface area contributed by atoms with Crippen molar-refractivity contribution in [2.24, 2.45) is 0 Å². The second-order valence-corrected chi connectivity index (χ2v) is 7.25. The van der Waals surface area contributed by atoms with Crippen LogP contribution in [0.5, 0.6) is 0 Å². The molecule has 0 fully saturated rings. The van der Waals surface area contributed by atoms with E-state index < -0.39 is 22.2 Å². The van der Waals surface area contributed by atoms with Gasteiger partial charge in [-0.2, -0.15) is 5.10 Å². The van der Waals surface area contributed by atoms with Crippen molar-refractivity contribution in [1.29, 1.82) is 0 Å². The predicted octanol–water partition coefficient (Wildman–Crippen LogP) is 3.20. The number of nitro benzene ring substituents is 1. The first-order valence-corrected chi connectivity index (χ1v) is 9.40. The van der Waals surface area contributed by atoms with Crippen LogP contribution in [0.1, 0.15) is 16.1 Å². The largest absolute Gasteiger partial charge is 0.296 e. The number of halogens is 1. The fourth-order valence-corrected chi connectivity index (χ4v) is 3.58. The lowest BCUT2D eigenvalue weighted by Crippen LogP contribution is -2.26. The van der Waals surface area contributed by atoms with Crippen molar-refractivity contribution in [2.45, 2.75) is 6.54 Å². The van der Waals surface area contributed by atoms with Gasteiger partial charge < -0.3 is 0 Å². The molecule has 0 saturated heterocycles. The number of rotatable bonds is 5. The molecular formula is C19H12FN5O4S. The van der Waals surface area contributed by atoms with Crippen molar-refractivity contribution < 1.29 is 14.1 Å². The Hall–Kier alpha value is -3.99. The van der Waals surface area contributed by atoms with Crippen molar-refractivity contribution >= 4 is 38.3 Å². The van der Waals surface area contributed by atoms with Crippen LogP contribution >= 0.6 is 11.3 Å². The zero-order valence-corrected chi connectivity index (χ0v) is 15.9. The lowest BCUT2D eigenvalue weighted by Gasteiger charge is -2.07. The molecule has 2 aromatic heterocycles. The number of benzene rings is 2. The first-order chi connectivity index (χ1) is 14.4. The summed E-state index contributed by atoms with van der Waals surface area (Å²) in [4.78, 5) is 39.2. The number of nitrogens with zero attached hydrogens (tertiary/aromatic N) is 4. The molecule has 0 aliphatic heterocycles. The Morgan fingerprint density at radius 3 is 2.67 bits per heavy atom. The van der Waals surface area contributed by atoms with Crippen molar-refractivity contribution in [3.05, 3.63) is 92.1 Å². The maximum Gasteiger partial charge on any atom is 0.277 e. The molecular weight excluding hydrogens is 413 g/mol. The minimum absolute atomic E-state index is 0.0121. The number of carbonyl (C=O) groups excluding carboxylic acids is 1. The summed E-state index contributed by atoms with van der Waals surface area (Å²) in [6, 6.07) is 12.3. The summed E-state index contributed by atoms with van der Waals surface area (Å²) in [6.07, 6.45) is 0. The smallest absolute Gasteiger partial charge is 0.277 e. The first kappa shape index (κ1) is 19.3. The number of anilines is 1. The summed E-state index contributed by atoms with van der Waals surface area (Å²) in [6.45, 7) is 0.0744. The van der Waals surface area contributed by atoms with E-state index >= 15 is 0 Å². The lowest BCUT2D eigenvalue weighted by atomic mass is 10.2. The van der Waals surface area contributed by atoms with E-state index in [0.29, 0.717) is 15.8 Å². The normalized spacial score (nSPS) is 10.8. The van der Waals surface area contributed by atoms with Crippen LogP contribution in [0.4, 0.5) is 15.2 Å². The molecule has 0 spiro atoms. The Morgan fingerprint density at radius 2 is 1.93 bits per heavy atom. The predicted molar refractivity (Wildman–Crippen MR) is 108 cm³/mol. The van der Waals surface area contributed by atoms with Gasteiger partial charge in [0.1, 0.15) is 11.5 Å². The molecule has 4 rings (SSSR count). The van der Waals surface area contributed by atoms with Crippen LogP contribution < -0.4 is 10.9 Å². The average molecular weight is 425 g/mol. The zero-order valence-electron chi connectivity index (χ0n) is 15.1. The van der Waals surface area contributed by atoms with Gasteiger partial charge in [0.05, 0.1) is 21.7 Å². The Morgan fingerprint density at radius 1 is 1.17 bits per heavy atom. The van der Waals surface area contributed by atoms with E-state index in [4.69, 9.17) is 0 Å². The molecule has 0 aliphatic carbocycles. The summed E-state index contributed by atoms with van der Waals surface area (Å²) in [5, 5.41) is 17.8. The maximum absolute atomic E-state index is 13.0. The van der Waals surface area contributed by atoms with Gasteiger partial charge in [-0.1, -0.05) is 23.5 Å². The molecule has 150 valence electrons. The molecule has 0 aliphatic rings. The molecule has 0 unspecified atom stereocenters. The van der Waals surface area contributed by atoms with Gasteiger partial charge in [-0.05, 0) is 29.8 Å². The maximum atomic E-state index is 13.0. The Bertz CT molecular complexity index is 1330. The third-order valence-corrected chi connectivity index (χ3v) is 5.08. The average Bonchev–Trinajstić information content (AvgIpc) is 3.12. The van der Waals surface area contributed by atoms with Crippen molar-refractivity contribution in [3.63, 3.8) is 0 Å². The molecule has 1 amide bonds. The van der Waals surface area contributed by atoms with Gasteiger partial charge in [0, 0.05) is 18.2 Å². The fraction of sp³-hybridized carbons (Fsp3) is 0.0526. The quantitative estimate of drug-likeness (QED) is 0.387. The van der Waals surface area contributed by atoms with Gasteiger partial charge in [0.2, 0.25) is 0 Å². The highest BCUT2D eigenvalue weighted by atomic mass is 32.1. The molecule has 9 nitrogen and oxygen atoms in total. The van der Waals surface area contributed by atoms with E-state index in [1.807, 2.05) is 0 Å². The number of non-ortho nitro benzene ring substituents is 1. The second-order valence-electron chi connectivity index (χ2n) is 6.22. The number of hydrogen-bond donors (Lipinski definition) is 1. The van der Waals surface area contributed by atoms with E-state index in [2.05, 4.69) is 15.4 Å². The highest BCUT2D eigenvalue weighted by Crippen LogP contribution is 2.29. The minimum Gasteiger partial charge on any atom is -0.296 e. The first-order valence-electron chi connectivity index (χ1n) is 8.58. The van der Waals surface area contributed by atoms with E-state index in [1.54, 1.807) is 0 Å². The topological polar surface area (TPSA) is 120 Å². The zero-order chi connectivity index (χ0) is 21.3. The molecule has 1 N–H and O–H groups in total. The van der Waals surface area contributed by atoms with Gasteiger partial charge in [0.15, 0.2) is 5.13 Å². The van der Waals surface area contributed by atoms with Crippen LogP contribution in [-0.4, -0.2) is 25.6 Å². The third-order valence-electron chi connectivity index (χ3n) is 4.15. The Balaban J connectivity index is 1.56. The van der Waals surface area contributed by atoms with Gasteiger partial charge in [-0.15, -0.1) is 0 Å². The minimum atomic E-state index is -0.587. The van der Waals surface area contributed by atoms with Crippen LogP contribution in [-0.2, 0) is 6.54 Å². The summed E-state index contributed by atoms with van der Waals surface area (Å²) in [7, 11) is 0. The molecule has 4 aromatic rings. The van der Waals surface area contributed by atoms with Gasteiger partial charge in [-0.25, -0.2) is 14.1 Å². The molecule has 2 heterocycles. The number of thiazole rings is 1. The van der Waals surface area contributed by atoms with Crippen molar-refractivity contribution in [1.82, 2.24) is 14.8 Å². The SMILES string of the molecule is O=C(Nc1nc2ccc([N+](=O)[O-])cc2s1)c1ccc(=O)n(Cc2ccc(F)cc2)n1. The number of hydrogen-bond acceptors (Lipinski definition) is 7. The third kappa shape index (κ3) is 4.05. The van der Waals surface area contributed by atoms with Crippen molar-refractivity contribution in [2.75, 3.05) is 5.32 Å². The van der Waals surface area contributed by atoms with Crippen LogP contribution in [0.25, 0.3) is 10.2 Å². The summed E-state index contributed by atoms with van der Waals surface area (Å²) >= 11 is 1.08. The highest BCUT2D eigenvalue weighted by molar-refractivity contribution is 7.22. The van der Waals surface area contributed by atoms with Crippen LogP contribution in [0, 0.1) is 15.9 Å². The number of fused-ring (bicyclic) bond motifs is 1. The second kappa shape index (κ2) is 7.79. The molecule has 0 saturated carbocycles. The molecule has 11 heteroatoms. The molecule has 0 atom stereocenters. The number of aromatic nitrogens is 3. The van der Waals surface area contributed by atoms with Crippen LogP contribution in [0.3, 0.4) is 0 Å². The number of nitrogens with one attached hydrogen (secondary N) is 1. The van der Waals surface area contributed by atoms with Crippen molar-refractivity contribution in [3.8, 4) is 0 Å². The van der Waals surface area contributed by atoms with Gasteiger partial charge in [0.25, 0.3) is 17.2 Å². The van der Waals surface area contributed by atoms with E-state index in [1.165, 1.54) is 54.6 Å². The van der Waals surface area contributed by atoms with Gasteiger partial charge in [-0.3, -0.25) is 25.0 Å².